The molecule has 6 heteroatoms. The molecular formula is C19H18FN5. The van der Waals surface area contributed by atoms with Crippen LogP contribution in [0.1, 0.15) is 16.8 Å². The second kappa shape index (κ2) is 6.57. The van der Waals surface area contributed by atoms with Crippen molar-refractivity contribution in [2.45, 2.75) is 19.5 Å². The van der Waals surface area contributed by atoms with Crippen LogP contribution >= 0.6 is 0 Å². The Morgan fingerprint density at radius 3 is 2.76 bits per heavy atom. The maximum absolute atomic E-state index is 13.7. The Morgan fingerprint density at radius 2 is 1.96 bits per heavy atom. The number of fused-ring (bicyclic) bond motifs is 1. The van der Waals surface area contributed by atoms with Crippen LogP contribution in [0.4, 0.5) is 10.1 Å². The molecule has 0 unspecified atom stereocenters. The lowest BCUT2D eigenvalue weighted by atomic mass is 10.1. The highest BCUT2D eigenvalue weighted by Crippen LogP contribution is 2.23. The van der Waals surface area contributed by atoms with Gasteiger partial charge in [0.2, 0.25) is 5.95 Å². The number of nitrogen functional groups attached to an aromatic ring is 1. The van der Waals surface area contributed by atoms with E-state index in [-0.39, 0.29) is 0 Å². The van der Waals surface area contributed by atoms with Crippen molar-refractivity contribution in [3.05, 3.63) is 71.6 Å². The van der Waals surface area contributed by atoms with Gasteiger partial charge in [-0.2, -0.15) is 4.39 Å². The van der Waals surface area contributed by atoms with Crippen LogP contribution in [0.25, 0.3) is 11.4 Å². The minimum atomic E-state index is -0.400. The average Bonchev–Trinajstić information content (AvgIpc) is 2.64. The largest absolute Gasteiger partial charge is 0.399 e. The third-order valence-corrected chi connectivity index (χ3v) is 4.41. The number of halogens is 1. The molecular weight excluding hydrogens is 317 g/mol. The fraction of sp³-hybridized carbons (Fsp3) is 0.211. The van der Waals surface area contributed by atoms with E-state index in [0.29, 0.717) is 24.5 Å². The molecule has 0 saturated carbocycles. The number of pyridine rings is 1. The van der Waals surface area contributed by atoms with Crippen LogP contribution in [0.5, 0.6) is 0 Å². The molecule has 0 aliphatic carbocycles. The maximum Gasteiger partial charge on any atom is 0.217 e. The van der Waals surface area contributed by atoms with E-state index in [9.17, 15) is 4.39 Å². The van der Waals surface area contributed by atoms with Gasteiger partial charge in [-0.1, -0.05) is 6.07 Å². The van der Waals surface area contributed by atoms with Crippen molar-refractivity contribution in [2.75, 3.05) is 12.3 Å². The predicted molar refractivity (Wildman–Crippen MR) is 93.9 cm³/mol. The van der Waals surface area contributed by atoms with Gasteiger partial charge in [0.05, 0.1) is 5.69 Å². The number of hydrogen-bond acceptors (Lipinski definition) is 5. The van der Waals surface area contributed by atoms with E-state index >= 15 is 0 Å². The molecule has 0 fully saturated rings. The van der Waals surface area contributed by atoms with E-state index < -0.39 is 5.95 Å². The summed E-state index contributed by atoms with van der Waals surface area (Å²) in [5, 5.41) is 0. The zero-order valence-electron chi connectivity index (χ0n) is 13.7. The van der Waals surface area contributed by atoms with Gasteiger partial charge < -0.3 is 5.73 Å². The Balaban J connectivity index is 1.52. The minimum absolute atomic E-state index is 0.400. The third-order valence-electron chi connectivity index (χ3n) is 4.41. The van der Waals surface area contributed by atoms with E-state index in [1.54, 1.807) is 12.1 Å². The number of rotatable bonds is 3. The van der Waals surface area contributed by atoms with Crippen molar-refractivity contribution in [3.63, 3.8) is 0 Å². The molecule has 1 aliphatic rings. The van der Waals surface area contributed by atoms with Crippen LogP contribution in [0, 0.1) is 5.95 Å². The highest BCUT2D eigenvalue weighted by atomic mass is 19.1. The molecule has 2 N–H and O–H groups in total. The van der Waals surface area contributed by atoms with Gasteiger partial charge in [0.15, 0.2) is 5.82 Å². The van der Waals surface area contributed by atoms with Gasteiger partial charge >= 0.3 is 0 Å². The van der Waals surface area contributed by atoms with Crippen molar-refractivity contribution in [1.29, 1.82) is 0 Å². The van der Waals surface area contributed by atoms with E-state index in [2.05, 4.69) is 14.9 Å². The van der Waals surface area contributed by atoms with Gasteiger partial charge in [-0.25, -0.2) is 15.0 Å². The Kier molecular flexibility index (Phi) is 4.11. The van der Waals surface area contributed by atoms with Gasteiger partial charge in [0.1, 0.15) is 0 Å². The Morgan fingerprint density at radius 1 is 1.12 bits per heavy atom. The van der Waals surface area contributed by atoms with Crippen molar-refractivity contribution < 1.29 is 4.39 Å². The van der Waals surface area contributed by atoms with Gasteiger partial charge in [-0.05, 0) is 30.3 Å². The first kappa shape index (κ1) is 15.7. The molecule has 4 rings (SSSR count). The Hall–Kier alpha value is -2.86. The monoisotopic (exact) mass is 335 g/mol. The lowest BCUT2D eigenvalue weighted by molar-refractivity contribution is 0.239. The molecule has 0 spiro atoms. The SMILES string of the molecule is Nc1ccc(-c2ncc3c(n2)CCN(Cc2cccnc2F)C3)cc1. The normalized spacial score (nSPS) is 14.3. The summed E-state index contributed by atoms with van der Waals surface area (Å²) in [6, 6.07) is 11.1. The molecule has 0 amide bonds. The summed E-state index contributed by atoms with van der Waals surface area (Å²) in [6.45, 7) is 2.09. The van der Waals surface area contributed by atoms with Crippen LogP contribution in [-0.2, 0) is 19.5 Å². The molecule has 2 aromatic heterocycles. The number of hydrogen-bond donors (Lipinski definition) is 1. The average molecular weight is 335 g/mol. The summed E-state index contributed by atoms with van der Waals surface area (Å²) in [5.74, 6) is 0.314. The Labute approximate surface area is 145 Å². The highest BCUT2D eigenvalue weighted by Gasteiger charge is 2.20. The first-order valence-electron chi connectivity index (χ1n) is 8.21. The van der Waals surface area contributed by atoms with Crippen LogP contribution < -0.4 is 5.73 Å². The lowest BCUT2D eigenvalue weighted by Gasteiger charge is -2.28. The first-order chi connectivity index (χ1) is 12.2. The number of anilines is 1. The number of aromatic nitrogens is 3. The van der Waals surface area contributed by atoms with Crippen LogP contribution in [0.15, 0.2) is 48.8 Å². The highest BCUT2D eigenvalue weighted by molar-refractivity contribution is 5.58. The fourth-order valence-electron chi connectivity index (χ4n) is 3.06. The summed E-state index contributed by atoms with van der Waals surface area (Å²) in [4.78, 5) is 15.1. The molecule has 126 valence electrons. The molecule has 3 aromatic rings. The minimum Gasteiger partial charge on any atom is -0.399 e. The summed E-state index contributed by atoms with van der Waals surface area (Å²) in [6.07, 6.45) is 4.17. The molecule has 0 atom stereocenters. The van der Waals surface area contributed by atoms with E-state index in [0.717, 1.165) is 35.5 Å². The fourth-order valence-corrected chi connectivity index (χ4v) is 3.06. The molecule has 0 radical (unpaired) electrons. The van der Waals surface area contributed by atoms with Crippen LogP contribution in [-0.4, -0.2) is 26.4 Å². The number of benzene rings is 1. The van der Waals surface area contributed by atoms with Crippen molar-refractivity contribution in [3.8, 4) is 11.4 Å². The van der Waals surface area contributed by atoms with E-state index in [1.807, 2.05) is 30.5 Å². The molecule has 5 nitrogen and oxygen atoms in total. The zero-order valence-corrected chi connectivity index (χ0v) is 13.7. The molecule has 25 heavy (non-hydrogen) atoms. The Bertz CT molecular complexity index is 895. The number of nitrogens with zero attached hydrogens (tertiary/aromatic N) is 4. The summed E-state index contributed by atoms with van der Waals surface area (Å²) in [5.41, 5.74) is 10.2. The van der Waals surface area contributed by atoms with Crippen molar-refractivity contribution in [2.24, 2.45) is 0 Å². The van der Waals surface area contributed by atoms with Crippen molar-refractivity contribution in [1.82, 2.24) is 19.9 Å². The van der Waals surface area contributed by atoms with E-state index in [4.69, 9.17) is 10.7 Å². The lowest BCUT2D eigenvalue weighted by Crippen LogP contribution is -2.31. The third kappa shape index (κ3) is 3.34. The van der Waals surface area contributed by atoms with Gasteiger partial charge in [-0.15, -0.1) is 0 Å². The molecule has 1 aliphatic heterocycles. The van der Waals surface area contributed by atoms with Crippen LogP contribution in [0.3, 0.4) is 0 Å². The molecule has 0 saturated heterocycles. The summed E-state index contributed by atoms with van der Waals surface area (Å²) < 4.78 is 13.7. The maximum atomic E-state index is 13.7. The molecule has 3 heterocycles. The second-order valence-electron chi connectivity index (χ2n) is 6.20. The quantitative estimate of drug-likeness (QED) is 0.589. The number of nitrogens with two attached hydrogens (primary N) is 1. The summed E-state index contributed by atoms with van der Waals surface area (Å²) >= 11 is 0. The smallest absolute Gasteiger partial charge is 0.217 e. The van der Waals surface area contributed by atoms with E-state index in [1.165, 1.54) is 6.20 Å². The van der Waals surface area contributed by atoms with Gasteiger partial charge in [-0.3, -0.25) is 4.90 Å². The first-order valence-corrected chi connectivity index (χ1v) is 8.21. The topological polar surface area (TPSA) is 67.9 Å². The predicted octanol–water partition coefficient (Wildman–Crippen LogP) is 2.82. The molecule has 1 aromatic carbocycles. The summed E-state index contributed by atoms with van der Waals surface area (Å²) in [7, 11) is 0. The molecule has 0 bridgehead atoms. The van der Waals surface area contributed by atoms with Crippen molar-refractivity contribution >= 4 is 5.69 Å². The van der Waals surface area contributed by atoms with Gasteiger partial charge in [0, 0.05) is 60.8 Å². The second-order valence-corrected chi connectivity index (χ2v) is 6.20. The zero-order chi connectivity index (χ0) is 17.2. The van der Waals surface area contributed by atoms with Gasteiger partial charge in [0.25, 0.3) is 0 Å². The standard InChI is InChI=1S/C19H18FN5/c20-18-14(2-1-8-22-18)11-25-9-7-17-15(12-25)10-23-19(24-17)13-3-5-16(21)6-4-13/h1-6,8,10H,7,9,11-12,21H2. The van der Waals surface area contributed by atoms with Crippen LogP contribution in [0.2, 0.25) is 0 Å².